The standard InChI is InChI=1S/C21H19N5O3S/c1-2-25-17(23-24-21(25)30)11-22-18(27)14-7-5-6-13(10-14)12-26-19(28)15-8-3-4-9-16(15)20(26)29/h3-10H,2,11-12H2,1H3,(H,22,27)(H,24,30). The van der Waals surface area contributed by atoms with E-state index in [0.29, 0.717) is 39.4 Å². The number of H-pyrrole nitrogens is 1. The fourth-order valence-electron chi connectivity index (χ4n) is 3.45. The van der Waals surface area contributed by atoms with Gasteiger partial charge in [0.2, 0.25) is 0 Å². The SMILES string of the molecule is CCn1c(CNC(=O)c2cccc(CN3C(=O)c4ccccc4C3=O)c2)n[nH]c1=S. The van der Waals surface area contributed by atoms with Crippen LogP contribution in [0.25, 0.3) is 0 Å². The largest absolute Gasteiger partial charge is 0.345 e. The van der Waals surface area contributed by atoms with E-state index >= 15 is 0 Å². The number of aromatic amines is 1. The van der Waals surface area contributed by atoms with Gasteiger partial charge < -0.3 is 9.88 Å². The average molecular weight is 421 g/mol. The van der Waals surface area contributed by atoms with Crippen molar-refractivity contribution in [2.24, 2.45) is 0 Å². The minimum absolute atomic E-state index is 0.0992. The van der Waals surface area contributed by atoms with Crippen molar-refractivity contribution in [1.29, 1.82) is 0 Å². The molecule has 9 heteroatoms. The van der Waals surface area contributed by atoms with E-state index in [1.54, 1.807) is 53.1 Å². The first-order chi connectivity index (χ1) is 14.5. The summed E-state index contributed by atoms with van der Waals surface area (Å²) in [6, 6.07) is 13.6. The van der Waals surface area contributed by atoms with E-state index in [9.17, 15) is 14.4 Å². The normalized spacial score (nSPS) is 12.9. The molecule has 0 atom stereocenters. The Balaban J connectivity index is 1.47. The lowest BCUT2D eigenvalue weighted by atomic mass is 10.1. The van der Waals surface area contributed by atoms with E-state index in [1.165, 1.54) is 4.90 Å². The summed E-state index contributed by atoms with van der Waals surface area (Å²) in [5, 5.41) is 9.66. The number of benzene rings is 2. The number of carbonyl (C=O) groups is 3. The van der Waals surface area contributed by atoms with Crippen LogP contribution < -0.4 is 5.32 Å². The number of rotatable bonds is 6. The second-order valence-corrected chi connectivity index (χ2v) is 7.20. The van der Waals surface area contributed by atoms with E-state index in [-0.39, 0.29) is 30.8 Å². The molecule has 0 unspecified atom stereocenters. The van der Waals surface area contributed by atoms with Crippen molar-refractivity contribution in [2.45, 2.75) is 26.6 Å². The van der Waals surface area contributed by atoms with Gasteiger partial charge >= 0.3 is 0 Å². The van der Waals surface area contributed by atoms with E-state index in [4.69, 9.17) is 12.2 Å². The quantitative estimate of drug-likeness (QED) is 0.471. The molecule has 2 N–H and O–H groups in total. The van der Waals surface area contributed by atoms with Crippen LogP contribution in [0, 0.1) is 4.77 Å². The Kier molecular flexibility index (Phi) is 5.28. The summed E-state index contributed by atoms with van der Waals surface area (Å²) in [7, 11) is 0. The van der Waals surface area contributed by atoms with Crippen LogP contribution in [0.5, 0.6) is 0 Å². The Labute approximate surface area is 177 Å². The fourth-order valence-corrected chi connectivity index (χ4v) is 3.73. The van der Waals surface area contributed by atoms with Crippen LogP contribution in [0.1, 0.15) is 49.4 Å². The molecule has 4 rings (SSSR count). The number of imide groups is 1. The Hall–Kier alpha value is -3.59. The van der Waals surface area contributed by atoms with Crippen molar-refractivity contribution in [2.75, 3.05) is 0 Å². The summed E-state index contributed by atoms with van der Waals surface area (Å²) in [5.41, 5.74) is 1.93. The van der Waals surface area contributed by atoms with Crippen LogP contribution in [-0.4, -0.2) is 37.4 Å². The molecule has 0 saturated carbocycles. The summed E-state index contributed by atoms with van der Waals surface area (Å²) < 4.78 is 2.30. The Morgan fingerprint density at radius 3 is 2.47 bits per heavy atom. The molecule has 3 amide bonds. The van der Waals surface area contributed by atoms with Gasteiger partial charge in [0.05, 0.1) is 24.2 Å². The third kappa shape index (κ3) is 3.55. The number of hydrogen-bond acceptors (Lipinski definition) is 5. The third-order valence-electron chi connectivity index (χ3n) is 4.97. The smallest absolute Gasteiger partial charge is 0.261 e. The summed E-state index contributed by atoms with van der Waals surface area (Å²) in [6.45, 7) is 2.92. The highest BCUT2D eigenvalue weighted by molar-refractivity contribution is 7.71. The summed E-state index contributed by atoms with van der Waals surface area (Å²) in [5.74, 6) is -0.297. The van der Waals surface area contributed by atoms with Gasteiger partial charge in [-0.05, 0) is 49.0 Å². The average Bonchev–Trinajstić information content (AvgIpc) is 3.24. The maximum atomic E-state index is 12.6. The predicted octanol–water partition coefficient (Wildman–Crippen LogP) is 2.69. The molecule has 0 fully saturated rings. The van der Waals surface area contributed by atoms with E-state index in [0.717, 1.165) is 0 Å². The highest BCUT2D eigenvalue weighted by atomic mass is 32.1. The van der Waals surface area contributed by atoms with Crippen molar-refractivity contribution in [3.8, 4) is 0 Å². The summed E-state index contributed by atoms with van der Waals surface area (Å²) in [6.07, 6.45) is 0. The molecule has 2 heterocycles. The molecule has 1 aliphatic rings. The maximum absolute atomic E-state index is 12.6. The molecule has 2 aromatic carbocycles. The first-order valence-electron chi connectivity index (χ1n) is 9.46. The maximum Gasteiger partial charge on any atom is 0.261 e. The molecule has 30 heavy (non-hydrogen) atoms. The molecule has 0 saturated heterocycles. The summed E-state index contributed by atoms with van der Waals surface area (Å²) >= 11 is 5.15. The number of hydrogen-bond donors (Lipinski definition) is 2. The second kappa shape index (κ2) is 8.03. The van der Waals surface area contributed by atoms with Gasteiger partial charge in [-0.2, -0.15) is 5.10 Å². The van der Waals surface area contributed by atoms with Gasteiger partial charge in [-0.1, -0.05) is 24.3 Å². The van der Waals surface area contributed by atoms with Crippen LogP contribution in [0.2, 0.25) is 0 Å². The predicted molar refractivity (Wildman–Crippen MR) is 111 cm³/mol. The molecule has 1 aromatic heterocycles. The van der Waals surface area contributed by atoms with Crippen molar-refractivity contribution in [3.63, 3.8) is 0 Å². The number of aromatic nitrogens is 3. The fraction of sp³-hybridized carbons (Fsp3) is 0.190. The van der Waals surface area contributed by atoms with Gasteiger partial charge in [0.15, 0.2) is 10.6 Å². The topological polar surface area (TPSA) is 100 Å². The molecule has 0 spiro atoms. The number of nitrogens with one attached hydrogen (secondary N) is 2. The van der Waals surface area contributed by atoms with E-state index in [2.05, 4.69) is 15.5 Å². The van der Waals surface area contributed by atoms with Crippen LogP contribution in [0.3, 0.4) is 0 Å². The molecule has 152 valence electrons. The Morgan fingerprint density at radius 2 is 1.80 bits per heavy atom. The van der Waals surface area contributed by atoms with Crippen LogP contribution >= 0.6 is 12.2 Å². The van der Waals surface area contributed by atoms with Crippen molar-refractivity contribution < 1.29 is 14.4 Å². The van der Waals surface area contributed by atoms with Crippen molar-refractivity contribution >= 4 is 29.9 Å². The highest BCUT2D eigenvalue weighted by Crippen LogP contribution is 2.24. The lowest BCUT2D eigenvalue weighted by Gasteiger charge is -2.14. The molecular weight excluding hydrogens is 402 g/mol. The zero-order chi connectivity index (χ0) is 21.3. The lowest BCUT2D eigenvalue weighted by Crippen LogP contribution is -2.29. The van der Waals surface area contributed by atoms with Gasteiger partial charge in [0.1, 0.15) is 0 Å². The zero-order valence-corrected chi connectivity index (χ0v) is 17.0. The number of nitrogens with zero attached hydrogens (tertiary/aromatic N) is 3. The molecule has 0 radical (unpaired) electrons. The van der Waals surface area contributed by atoms with Gasteiger partial charge in [-0.15, -0.1) is 0 Å². The van der Waals surface area contributed by atoms with Gasteiger partial charge in [0, 0.05) is 12.1 Å². The second-order valence-electron chi connectivity index (χ2n) is 6.81. The van der Waals surface area contributed by atoms with Crippen LogP contribution in [-0.2, 0) is 19.6 Å². The molecule has 8 nitrogen and oxygen atoms in total. The summed E-state index contributed by atoms with van der Waals surface area (Å²) in [4.78, 5) is 38.9. The Bertz CT molecular complexity index is 1180. The monoisotopic (exact) mass is 421 g/mol. The molecule has 1 aliphatic heterocycles. The van der Waals surface area contributed by atoms with Crippen molar-refractivity contribution in [1.82, 2.24) is 25.0 Å². The molecule has 0 bridgehead atoms. The third-order valence-corrected chi connectivity index (χ3v) is 5.28. The van der Waals surface area contributed by atoms with Gasteiger partial charge in [0.25, 0.3) is 17.7 Å². The Morgan fingerprint density at radius 1 is 1.10 bits per heavy atom. The molecule has 0 aliphatic carbocycles. The van der Waals surface area contributed by atoms with Crippen molar-refractivity contribution in [3.05, 3.63) is 81.4 Å². The minimum atomic E-state index is -0.326. The first kappa shape index (κ1) is 19.7. The first-order valence-corrected chi connectivity index (χ1v) is 9.87. The minimum Gasteiger partial charge on any atom is -0.345 e. The highest BCUT2D eigenvalue weighted by Gasteiger charge is 2.34. The van der Waals surface area contributed by atoms with E-state index < -0.39 is 0 Å². The van der Waals surface area contributed by atoms with Gasteiger partial charge in [-0.25, -0.2) is 0 Å². The van der Waals surface area contributed by atoms with Crippen LogP contribution in [0.4, 0.5) is 0 Å². The van der Waals surface area contributed by atoms with Gasteiger partial charge in [-0.3, -0.25) is 24.4 Å². The number of carbonyl (C=O) groups excluding carboxylic acids is 3. The zero-order valence-electron chi connectivity index (χ0n) is 16.2. The lowest BCUT2D eigenvalue weighted by molar-refractivity contribution is 0.0642. The number of fused-ring (bicyclic) bond motifs is 1. The molecular formula is C21H19N5O3S. The van der Waals surface area contributed by atoms with Crippen LogP contribution in [0.15, 0.2) is 48.5 Å². The van der Waals surface area contributed by atoms with E-state index in [1.807, 2.05) is 6.92 Å². The number of amides is 3. The molecule has 3 aromatic rings.